The Hall–Kier alpha value is -2.33. The molecule has 2 aromatic carbocycles. The third-order valence-electron chi connectivity index (χ3n) is 3.80. The van der Waals surface area contributed by atoms with E-state index in [1.807, 2.05) is 54.6 Å². The summed E-state index contributed by atoms with van der Waals surface area (Å²) in [4.78, 5) is 12.2. The molecule has 0 aliphatic heterocycles. The molecule has 21 heavy (non-hydrogen) atoms. The van der Waals surface area contributed by atoms with Crippen molar-refractivity contribution in [2.24, 2.45) is 11.1 Å². The van der Waals surface area contributed by atoms with Gasteiger partial charge in [0.1, 0.15) is 11.5 Å². The smallest absolute Gasteiger partial charge is 0.231 e. The monoisotopic (exact) mass is 282 g/mol. The minimum absolute atomic E-state index is 0.00172. The Morgan fingerprint density at radius 3 is 2.48 bits per heavy atom. The van der Waals surface area contributed by atoms with Gasteiger partial charge in [0, 0.05) is 18.3 Å². The van der Waals surface area contributed by atoms with E-state index in [2.05, 4.69) is 5.32 Å². The number of rotatable bonds is 5. The normalized spacial score (nSPS) is 15.3. The Kier molecular flexibility index (Phi) is 3.62. The van der Waals surface area contributed by atoms with Gasteiger partial charge in [-0.25, -0.2) is 0 Å². The molecule has 3 N–H and O–H groups in total. The van der Waals surface area contributed by atoms with Gasteiger partial charge >= 0.3 is 0 Å². The van der Waals surface area contributed by atoms with Gasteiger partial charge in [0.25, 0.3) is 0 Å². The minimum atomic E-state index is -0.351. The summed E-state index contributed by atoms with van der Waals surface area (Å²) in [5, 5.41) is 2.92. The van der Waals surface area contributed by atoms with Crippen LogP contribution in [0.25, 0.3) is 0 Å². The molecule has 1 fully saturated rings. The van der Waals surface area contributed by atoms with Crippen LogP contribution in [0.2, 0.25) is 0 Å². The molecule has 4 nitrogen and oxygen atoms in total. The number of nitrogens with one attached hydrogen (secondary N) is 1. The third-order valence-corrected chi connectivity index (χ3v) is 3.80. The lowest BCUT2D eigenvalue weighted by atomic mass is 10.1. The zero-order valence-electron chi connectivity index (χ0n) is 11.7. The summed E-state index contributed by atoms with van der Waals surface area (Å²) in [7, 11) is 0. The van der Waals surface area contributed by atoms with Crippen LogP contribution in [-0.4, -0.2) is 12.5 Å². The van der Waals surface area contributed by atoms with Gasteiger partial charge in [-0.15, -0.1) is 0 Å². The molecule has 0 atom stereocenters. The maximum absolute atomic E-state index is 12.2. The summed E-state index contributed by atoms with van der Waals surface area (Å²) in [6.45, 7) is 0.402. The van der Waals surface area contributed by atoms with Gasteiger partial charge < -0.3 is 15.8 Å². The van der Waals surface area contributed by atoms with E-state index in [1.165, 1.54) is 0 Å². The number of hydrogen-bond donors (Lipinski definition) is 2. The average Bonchev–Trinajstić information content (AvgIpc) is 3.30. The van der Waals surface area contributed by atoms with Gasteiger partial charge in [-0.3, -0.25) is 4.79 Å². The predicted octanol–water partition coefficient (Wildman–Crippen LogP) is 3.16. The quantitative estimate of drug-likeness (QED) is 0.885. The molecule has 108 valence electrons. The molecular formula is C17H18N2O2. The van der Waals surface area contributed by atoms with Crippen molar-refractivity contribution in [2.75, 3.05) is 11.9 Å². The summed E-state index contributed by atoms with van der Waals surface area (Å²) >= 11 is 0. The molecule has 0 heterocycles. The summed E-state index contributed by atoms with van der Waals surface area (Å²) in [5.41, 5.74) is 6.05. The van der Waals surface area contributed by atoms with E-state index >= 15 is 0 Å². The van der Waals surface area contributed by atoms with E-state index in [0.717, 1.165) is 24.3 Å². The van der Waals surface area contributed by atoms with Gasteiger partial charge in [0.05, 0.1) is 5.41 Å². The fourth-order valence-corrected chi connectivity index (χ4v) is 2.20. The number of amides is 1. The van der Waals surface area contributed by atoms with Crippen molar-refractivity contribution in [3.05, 3.63) is 54.6 Å². The fourth-order valence-electron chi connectivity index (χ4n) is 2.20. The molecule has 0 radical (unpaired) electrons. The summed E-state index contributed by atoms with van der Waals surface area (Å²) < 4.78 is 5.75. The van der Waals surface area contributed by atoms with Crippen molar-refractivity contribution < 1.29 is 9.53 Å². The van der Waals surface area contributed by atoms with E-state index in [1.54, 1.807) is 0 Å². The maximum atomic E-state index is 12.2. The number of para-hydroxylation sites is 1. The Labute approximate surface area is 123 Å². The molecule has 2 aromatic rings. The van der Waals surface area contributed by atoms with E-state index in [9.17, 15) is 4.79 Å². The topological polar surface area (TPSA) is 64.4 Å². The van der Waals surface area contributed by atoms with Crippen molar-refractivity contribution >= 4 is 11.6 Å². The van der Waals surface area contributed by atoms with Gasteiger partial charge in [0.2, 0.25) is 5.91 Å². The lowest BCUT2D eigenvalue weighted by Crippen LogP contribution is -2.30. The van der Waals surface area contributed by atoms with E-state index < -0.39 is 0 Å². The van der Waals surface area contributed by atoms with E-state index in [-0.39, 0.29) is 11.3 Å². The van der Waals surface area contributed by atoms with Gasteiger partial charge in [-0.2, -0.15) is 0 Å². The van der Waals surface area contributed by atoms with Crippen LogP contribution in [0.4, 0.5) is 5.69 Å². The Morgan fingerprint density at radius 1 is 1.10 bits per heavy atom. The molecule has 0 saturated heterocycles. The zero-order chi connectivity index (χ0) is 14.7. The number of hydrogen-bond acceptors (Lipinski definition) is 3. The summed E-state index contributed by atoms with van der Waals surface area (Å²) in [6, 6.07) is 16.9. The highest BCUT2D eigenvalue weighted by Crippen LogP contribution is 2.45. The number of nitrogens with two attached hydrogens (primary N) is 1. The zero-order valence-corrected chi connectivity index (χ0v) is 11.7. The second-order valence-electron chi connectivity index (χ2n) is 5.38. The molecule has 3 rings (SSSR count). The standard InChI is InChI=1S/C17H18N2O2/c18-12-17(9-10-17)16(20)19-13-5-4-8-15(11-13)21-14-6-2-1-3-7-14/h1-8,11H,9-10,12,18H2,(H,19,20). The Bertz CT molecular complexity index is 636. The van der Waals surface area contributed by atoms with Crippen molar-refractivity contribution in [1.82, 2.24) is 0 Å². The van der Waals surface area contributed by atoms with Crippen LogP contribution in [0.3, 0.4) is 0 Å². The number of carbonyl (C=O) groups excluding carboxylic acids is 1. The third kappa shape index (κ3) is 3.06. The van der Waals surface area contributed by atoms with Crippen molar-refractivity contribution in [1.29, 1.82) is 0 Å². The summed E-state index contributed by atoms with van der Waals surface area (Å²) in [6.07, 6.45) is 1.74. The molecule has 0 spiro atoms. The minimum Gasteiger partial charge on any atom is -0.457 e. The van der Waals surface area contributed by atoms with Crippen molar-refractivity contribution in [2.45, 2.75) is 12.8 Å². The second kappa shape index (κ2) is 5.58. The predicted molar refractivity (Wildman–Crippen MR) is 82.3 cm³/mol. The van der Waals surface area contributed by atoms with Crippen molar-refractivity contribution in [3.8, 4) is 11.5 Å². The van der Waals surface area contributed by atoms with E-state index in [4.69, 9.17) is 10.5 Å². The molecule has 1 amide bonds. The number of carbonyl (C=O) groups is 1. The highest BCUT2D eigenvalue weighted by Gasteiger charge is 2.48. The van der Waals surface area contributed by atoms with Crippen LogP contribution in [0.15, 0.2) is 54.6 Å². The molecule has 0 unspecified atom stereocenters. The highest BCUT2D eigenvalue weighted by atomic mass is 16.5. The lowest BCUT2D eigenvalue weighted by molar-refractivity contribution is -0.120. The van der Waals surface area contributed by atoms with E-state index in [0.29, 0.717) is 12.3 Å². The van der Waals surface area contributed by atoms with Crippen LogP contribution >= 0.6 is 0 Å². The van der Waals surface area contributed by atoms with Crippen LogP contribution in [0, 0.1) is 5.41 Å². The van der Waals surface area contributed by atoms with Crippen molar-refractivity contribution in [3.63, 3.8) is 0 Å². The van der Waals surface area contributed by atoms with Gasteiger partial charge in [-0.05, 0) is 37.1 Å². The number of anilines is 1. The van der Waals surface area contributed by atoms with Crippen LogP contribution in [0.5, 0.6) is 11.5 Å². The first-order valence-corrected chi connectivity index (χ1v) is 7.06. The molecule has 0 aromatic heterocycles. The van der Waals surface area contributed by atoms with Crippen LogP contribution < -0.4 is 15.8 Å². The van der Waals surface area contributed by atoms with Gasteiger partial charge in [-0.1, -0.05) is 24.3 Å². The fraction of sp³-hybridized carbons (Fsp3) is 0.235. The molecule has 1 aliphatic rings. The highest BCUT2D eigenvalue weighted by molar-refractivity contribution is 5.97. The first-order chi connectivity index (χ1) is 10.2. The van der Waals surface area contributed by atoms with Crippen LogP contribution in [-0.2, 0) is 4.79 Å². The Morgan fingerprint density at radius 2 is 1.81 bits per heavy atom. The first-order valence-electron chi connectivity index (χ1n) is 7.06. The average molecular weight is 282 g/mol. The SMILES string of the molecule is NCC1(C(=O)Nc2cccc(Oc3ccccc3)c2)CC1. The van der Waals surface area contributed by atoms with Gasteiger partial charge in [0.15, 0.2) is 0 Å². The lowest BCUT2D eigenvalue weighted by Gasteiger charge is -2.13. The largest absolute Gasteiger partial charge is 0.457 e. The Balaban J connectivity index is 1.70. The van der Waals surface area contributed by atoms with Crippen LogP contribution in [0.1, 0.15) is 12.8 Å². The molecule has 1 aliphatic carbocycles. The summed E-state index contributed by atoms with van der Waals surface area (Å²) in [5.74, 6) is 1.46. The second-order valence-corrected chi connectivity index (χ2v) is 5.38. The molecular weight excluding hydrogens is 264 g/mol. The number of benzene rings is 2. The maximum Gasteiger partial charge on any atom is 0.231 e. The first kappa shape index (κ1) is 13.6. The number of ether oxygens (including phenoxy) is 1. The molecule has 1 saturated carbocycles. The molecule has 0 bridgehead atoms. The molecule has 4 heteroatoms.